The van der Waals surface area contributed by atoms with Crippen molar-refractivity contribution in [1.82, 2.24) is 4.98 Å². The van der Waals surface area contributed by atoms with Gasteiger partial charge in [-0.1, -0.05) is 6.07 Å². The molecule has 1 aromatic carbocycles. The summed E-state index contributed by atoms with van der Waals surface area (Å²) in [4.78, 5) is 26.4. The minimum absolute atomic E-state index is 0.0540. The molecule has 5 nitrogen and oxygen atoms in total. The molecule has 0 atom stereocenters. The van der Waals surface area contributed by atoms with E-state index in [0.29, 0.717) is 0 Å². The van der Waals surface area contributed by atoms with Gasteiger partial charge in [0.25, 0.3) is 0 Å². The number of benzene rings is 1. The van der Waals surface area contributed by atoms with Crippen LogP contribution in [-0.2, 0) is 11.3 Å². The number of aromatic carboxylic acids is 1. The lowest BCUT2D eigenvalue weighted by molar-refractivity contribution is 0.0472. The molecule has 0 bridgehead atoms. The molecule has 0 fully saturated rings. The number of carboxylic acids is 1. The Morgan fingerprint density at radius 2 is 1.79 bits per heavy atom. The summed E-state index contributed by atoms with van der Waals surface area (Å²) in [6.45, 7) is 0.124. The van der Waals surface area contributed by atoms with Crippen LogP contribution in [-0.4, -0.2) is 22.0 Å². The average molecular weight is 257 g/mol. The predicted molar refractivity (Wildman–Crippen MR) is 66.8 cm³/mol. The van der Waals surface area contributed by atoms with Crippen molar-refractivity contribution in [3.05, 3.63) is 65.5 Å². The lowest BCUT2D eigenvalue weighted by atomic mass is 10.1. The van der Waals surface area contributed by atoms with Crippen LogP contribution in [0.3, 0.4) is 0 Å². The van der Waals surface area contributed by atoms with Gasteiger partial charge in [0.05, 0.1) is 11.1 Å². The van der Waals surface area contributed by atoms with Gasteiger partial charge in [0.2, 0.25) is 0 Å². The topological polar surface area (TPSA) is 76.5 Å². The van der Waals surface area contributed by atoms with E-state index in [1.54, 1.807) is 24.5 Å². The molecule has 5 heteroatoms. The Morgan fingerprint density at radius 3 is 2.47 bits per heavy atom. The van der Waals surface area contributed by atoms with Crippen molar-refractivity contribution in [2.75, 3.05) is 0 Å². The first kappa shape index (κ1) is 12.8. The fraction of sp³-hybridized carbons (Fsp3) is 0.0714. The first-order valence-corrected chi connectivity index (χ1v) is 5.56. The molecule has 96 valence electrons. The highest BCUT2D eigenvalue weighted by molar-refractivity contribution is 5.94. The summed E-state index contributed by atoms with van der Waals surface area (Å²) in [6.07, 6.45) is 3.21. The molecule has 1 N–H and O–H groups in total. The molecular formula is C14H11NO4. The molecule has 0 aliphatic carbocycles. The normalized spacial score (nSPS) is 9.89. The highest BCUT2D eigenvalue weighted by Crippen LogP contribution is 2.08. The van der Waals surface area contributed by atoms with E-state index in [0.717, 1.165) is 5.56 Å². The molecule has 1 heterocycles. The van der Waals surface area contributed by atoms with Crippen molar-refractivity contribution in [3.63, 3.8) is 0 Å². The Morgan fingerprint density at radius 1 is 1.11 bits per heavy atom. The summed E-state index contributed by atoms with van der Waals surface area (Å²) in [5.74, 6) is -1.64. The largest absolute Gasteiger partial charge is 0.478 e. The van der Waals surface area contributed by atoms with E-state index in [1.165, 1.54) is 24.3 Å². The molecule has 0 saturated heterocycles. The van der Waals surface area contributed by atoms with E-state index in [2.05, 4.69) is 4.98 Å². The Hall–Kier alpha value is -2.69. The van der Waals surface area contributed by atoms with Crippen LogP contribution in [0.4, 0.5) is 0 Å². The first-order valence-electron chi connectivity index (χ1n) is 5.56. The Balaban J connectivity index is 2.04. The van der Waals surface area contributed by atoms with Gasteiger partial charge in [-0.15, -0.1) is 0 Å². The monoisotopic (exact) mass is 257 g/mol. The summed E-state index contributed by atoms with van der Waals surface area (Å²) in [5, 5.41) is 8.84. The molecule has 2 aromatic rings. The molecule has 0 spiro atoms. The molecule has 0 saturated carbocycles. The number of aromatic nitrogens is 1. The van der Waals surface area contributed by atoms with Crippen LogP contribution in [0.15, 0.2) is 48.8 Å². The van der Waals surface area contributed by atoms with Crippen LogP contribution in [0.2, 0.25) is 0 Å². The number of pyridine rings is 1. The van der Waals surface area contributed by atoms with E-state index in [1.807, 2.05) is 0 Å². The number of hydrogen-bond acceptors (Lipinski definition) is 4. The van der Waals surface area contributed by atoms with Gasteiger partial charge >= 0.3 is 11.9 Å². The summed E-state index contributed by atoms with van der Waals surface area (Å²) in [5.41, 5.74) is 1.09. The second-order valence-electron chi connectivity index (χ2n) is 3.82. The number of ether oxygens (including phenoxy) is 1. The second kappa shape index (κ2) is 5.77. The Kier molecular flexibility index (Phi) is 3.87. The van der Waals surface area contributed by atoms with Gasteiger partial charge < -0.3 is 9.84 Å². The number of hydrogen-bond donors (Lipinski definition) is 1. The highest BCUT2D eigenvalue weighted by atomic mass is 16.5. The van der Waals surface area contributed by atoms with Gasteiger partial charge in [0.15, 0.2) is 0 Å². The number of nitrogens with zero attached hydrogens (tertiary/aromatic N) is 1. The maximum atomic E-state index is 11.8. The van der Waals surface area contributed by atoms with Crippen molar-refractivity contribution >= 4 is 11.9 Å². The van der Waals surface area contributed by atoms with E-state index >= 15 is 0 Å². The average Bonchev–Trinajstić information content (AvgIpc) is 2.46. The summed E-state index contributed by atoms with van der Waals surface area (Å²) < 4.78 is 5.09. The van der Waals surface area contributed by atoms with Crippen LogP contribution < -0.4 is 0 Å². The number of carbonyl (C=O) groups excluding carboxylic acids is 1. The second-order valence-corrected chi connectivity index (χ2v) is 3.82. The number of carboxylic acid groups (broad SMARTS) is 1. The Labute approximate surface area is 109 Å². The third-order valence-electron chi connectivity index (χ3n) is 2.46. The lowest BCUT2D eigenvalue weighted by Gasteiger charge is -2.05. The molecule has 0 aliphatic rings. The van der Waals surface area contributed by atoms with Gasteiger partial charge in [-0.2, -0.15) is 0 Å². The molecule has 0 unspecified atom stereocenters. The van der Waals surface area contributed by atoms with Crippen LogP contribution >= 0.6 is 0 Å². The quantitative estimate of drug-likeness (QED) is 0.849. The van der Waals surface area contributed by atoms with E-state index in [9.17, 15) is 9.59 Å². The van der Waals surface area contributed by atoms with Crippen LogP contribution in [0.1, 0.15) is 26.3 Å². The van der Waals surface area contributed by atoms with E-state index in [4.69, 9.17) is 9.84 Å². The van der Waals surface area contributed by atoms with Gasteiger partial charge in [-0.05, 0) is 35.9 Å². The maximum absolute atomic E-state index is 11.8. The molecule has 0 aliphatic heterocycles. The third-order valence-corrected chi connectivity index (χ3v) is 2.46. The van der Waals surface area contributed by atoms with Crippen molar-refractivity contribution in [1.29, 1.82) is 0 Å². The van der Waals surface area contributed by atoms with Crippen LogP contribution in [0.25, 0.3) is 0 Å². The number of rotatable bonds is 4. The van der Waals surface area contributed by atoms with E-state index < -0.39 is 11.9 Å². The third kappa shape index (κ3) is 3.38. The minimum Gasteiger partial charge on any atom is -0.478 e. The van der Waals surface area contributed by atoms with Crippen LogP contribution in [0.5, 0.6) is 0 Å². The number of esters is 1. The zero-order chi connectivity index (χ0) is 13.7. The summed E-state index contributed by atoms with van der Waals surface area (Å²) >= 11 is 0. The van der Waals surface area contributed by atoms with Crippen molar-refractivity contribution in [3.8, 4) is 0 Å². The fourth-order valence-electron chi connectivity index (χ4n) is 1.49. The molecule has 2 rings (SSSR count). The zero-order valence-corrected chi connectivity index (χ0v) is 9.95. The maximum Gasteiger partial charge on any atom is 0.338 e. The smallest absolute Gasteiger partial charge is 0.338 e. The first-order chi connectivity index (χ1) is 9.16. The Bertz CT molecular complexity index is 595. The highest BCUT2D eigenvalue weighted by Gasteiger charge is 2.10. The van der Waals surface area contributed by atoms with Crippen molar-refractivity contribution in [2.24, 2.45) is 0 Å². The number of carbonyl (C=O) groups is 2. The molecular weight excluding hydrogens is 246 g/mol. The minimum atomic E-state index is -1.08. The van der Waals surface area contributed by atoms with Crippen molar-refractivity contribution < 1.29 is 19.4 Å². The van der Waals surface area contributed by atoms with Gasteiger partial charge in [0, 0.05) is 12.4 Å². The molecule has 19 heavy (non-hydrogen) atoms. The zero-order valence-electron chi connectivity index (χ0n) is 9.95. The van der Waals surface area contributed by atoms with Gasteiger partial charge in [-0.25, -0.2) is 9.59 Å². The van der Waals surface area contributed by atoms with Gasteiger partial charge in [0.1, 0.15) is 6.61 Å². The standard InChI is InChI=1S/C14H11NO4/c16-13(17)11-2-1-3-12(8-11)14(18)19-9-10-4-6-15-7-5-10/h1-8H,9H2,(H,16,17). The van der Waals surface area contributed by atoms with E-state index in [-0.39, 0.29) is 17.7 Å². The van der Waals surface area contributed by atoms with Crippen molar-refractivity contribution in [2.45, 2.75) is 6.61 Å². The summed E-state index contributed by atoms with van der Waals surface area (Å²) in [7, 11) is 0. The summed E-state index contributed by atoms with van der Waals surface area (Å²) in [6, 6.07) is 9.20. The predicted octanol–water partition coefficient (Wildman–Crippen LogP) is 2.14. The lowest BCUT2D eigenvalue weighted by Crippen LogP contribution is -2.07. The van der Waals surface area contributed by atoms with Crippen LogP contribution in [0, 0.1) is 0 Å². The van der Waals surface area contributed by atoms with Gasteiger partial charge in [-0.3, -0.25) is 4.98 Å². The molecule has 0 radical (unpaired) electrons. The molecule has 0 amide bonds. The fourth-order valence-corrected chi connectivity index (χ4v) is 1.49. The SMILES string of the molecule is O=C(O)c1cccc(C(=O)OCc2ccncc2)c1. The molecule has 1 aromatic heterocycles.